The summed E-state index contributed by atoms with van der Waals surface area (Å²) in [5, 5.41) is 2.69. The second-order valence-corrected chi connectivity index (χ2v) is 4.44. The Morgan fingerprint density at radius 1 is 1.10 bits per heavy atom. The van der Waals surface area contributed by atoms with Crippen LogP contribution in [0.5, 0.6) is 0 Å². The highest BCUT2D eigenvalue weighted by molar-refractivity contribution is 6.05. The zero-order valence-electron chi connectivity index (χ0n) is 11.1. The van der Waals surface area contributed by atoms with Gasteiger partial charge in [0.2, 0.25) is 5.89 Å². The van der Waals surface area contributed by atoms with Crippen molar-refractivity contribution in [3.8, 4) is 0 Å². The first-order valence-corrected chi connectivity index (χ1v) is 6.41. The van der Waals surface area contributed by atoms with E-state index in [0.29, 0.717) is 17.2 Å². The molecule has 0 unspecified atom stereocenters. The van der Waals surface area contributed by atoms with E-state index in [1.807, 2.05) is 36.4 Å². The van der Waals surface area contributed by atoms with Crippen LogP contribution in [0.4, 0.5) is 5.69 Å². The van der Waals surface area contributed by atoms with Crippen LogP contribution in [-0.2, 0) is 4.79 Å². The van der Waals surface area contributed by atoms with Gasteiger partial charge in [-0.05, 0) is 24.3 Å². The highest BCUT2D eigenvalue weighted by Gasteiger charge is 2.08. The van der Waals surface area contributed by atoms with E-state index in [4.69, 9.17) is 10.2 Å². The molecule has 5 heteroatoms. The lowest BCUT2D eigenvalue weighted by molar-refractivity contribution is -0.112. The number of hydrogen-bond acceptors (Lipinski definition) is 4. The van der Waals surface area contributed by atoms with Gasteiger partial charge in [0.05, 0.1) is 0 Å². The van der Waals surface area contributed by atoms with E-state index >= 15 is 0 Å². The Bertz CT molecular complexity index is 774. The number of aromatic nitrogens is 1. The molecule has 0 spiro atoms. The summed E-state index contributed by atoms with van der Waals surface area (Å²) in [7, 11) is 0. The molecule has 104 valence electrons. The number of carbonyl (C=O) groups is 1. The minimum Gasteiger partial charge on any atom is -0.437 e. The van der Waals surface area contributed by atoms with Gasteiger partial charge in [0.1, 0.15) is 11.2 Å². The summed E-state index contributed by atoms with van der Waals surface area (Å²) in [6.45, 7) is 0. The molecular weight excluding hydrogens is 266 g/mol. The lowest BCUT2D eigenvalue weighted by atomic mass is 10.3. The van der Waals surface area contributed by atoms with Crippen LogP contribution in [0.25, 0.3) is 17.2 Å². The number of amides is 1. The number of nitrogens with zero attached hydrogens (tertiary/aromatic N) is 1. The Kier molecular flexibility index (Phi) is 3.39. The van der Waals surface area contributed by atoms with E-state index in [2.05, 4.69) is 10.3 Å². The van der Waals surface area contributed by atoms with Crippen LogP contribution in [-0.4, -0.2) is 10.9 Å². The molecule has 0 saturated heterocycles. The van der Waals surface area contributed by atoms with E-state index in [9.17, 15) is 4.79 Å². The second-order valence-electron chi connectivity index (χ2n) is 4.44. The molecule has 5 nitrogen and oxygen atoms in total. The van der Waals surface area contributed by atoms with Crippen LogP contribution >= 0.6 is 0 Å². The molecule has 3 aromatic rings. The molecule has 0 aliphatic carbocycles. The number of hydrogen-bond donors (Lipinski definition) is 2. The first-order chi connectivity index (χ1) is 10.2. The third-order valence-electron chi connectivity index (χ3n) is 2.88. The number of para-hydroxylation sites is 3. The molecule has 0 atom stereocenters. The lowest BCUT2D eigenvalue weighted by Gasteiger charge is -2.03. The number of oxazole rings is 1. The predicted molar refractivity (Wildman–Crippen MR) is 81.2 cm³/mol. The quantitative estimate of drug-likeness (QED) is 0.722. The van der Waals surface area contributed by atoms with Crippen molar-refractivity contribution in [2.75, 3.05) is 5.32 Å². The zero-order chi connectivity index (χ0) is 14.7. The van der Waals surface area contributed by atoms with Gasteiger partial charge in [-0.15, -0.1) is 0 Å². The van der Waals surface area contributed by atoms with E-state index < -0.39 is 5.91 Å². The second kappa shape index (κ2) is 5.50. The topological polar surface area (TPSA) is 81.2 Å². The summed E-state index contributed by atoms with van der Waals surface area (Å²) in [5.41, 5.74) is 7.85. The first-order valence-electron chi connectivity index (χ1n) is 6.41. The van der Waals surface area contributed by atoms with Crippen LogP contribution in [0.15, 0.2) is 64.7 Å². The van der Waals surface area contributed by atoms with Gasteiger partial charge in [-0.25, -0.2) is 4.98 Å². The van der Waals surface area contributed by atoms with Crippen molar-refractivity contribution in [2.45, 2.75) is 0 Å². The Morgan fingerprint density at radius 2 is 1.81 bits per heavy atom. The number of nitrogens with two attached hydrogens (primary N) is 1. The zero-order valence-corrected chi connectivity index (χ0v) is 11.1. The highest BCUT2D eigenvalue weighted by atomic mass is 16.3. The number of benzene rings is 2. The van der Waals surface area contributed by atoms with Gasteiger partial charge in [0.25, 0.3) is 5.91 Å². The average Bonchev–Trinajstić information content (AvgIpc) is 2.90. The molecule has 0 aliphatic heterocycles. The monoisotopic (exact) mass is 279 g/mol. The van der Waals surface area contributed by atoms with Gasteiger partial charge in [0.15, 0.2) is 5.58 Å². The molecular formula is C16H13N3O2. The molecule has 1 heterocycles. The van der Waals surface area contributed by atoms with Crippen LogP contribution in [0.3, 0.4) is 0 Å². The minimum absolute atomic E-state index is 0.0328. The molecule has 3 rings (SSSR count). The molecule has 21 heavy (non-hydrogen) atoms. The van der Waals surface area contributed by atoms with Crippen molar-refractivity contribution < 1.29 is 9.21 Å². The van der Waals surface area contributed by atoms with Crippen molar-refractivity contribution in [2.24, 2.45) is 5.73 Å². The fraction of sp³-hybridized carbons (Fsp3) is 0. The summed E-state index contributed by atoms with van der Waals surface area (Å²) in [5.74, 6) is -0.0969. The highest BCUT2D eigenvalue weighted by Crippen LogP contribution is 2.16. The van der Waals surface area contributed by atoms with Gasteiger partial charge in [-0.2, -0.15) is 0 Å². The maximum absolute atomic E-state index is 12.0. The Morgan fingerprint density at radius 3 is 2.57 bits per heavy atom. The van der Waals surface area contributed by atoms with E-state index in [1.165, 1.54) is 6.08 Å². The molecule has 2 aromatic carbocycles. The maximum atomic E-state index is 12.0. The van der Waals surface area contributed by atoms with Crippen molar-refractivity contribution in [3.63, 3.8) is 0 Å². The molecule has 0 saturated carbocycles. The van der Waals surface area contributed by atoms with Crippen LogP contribution < -0.4 is 11.1 Å². The van der Waals surface area contributed by atoms with Crippen molar-refractivity contribution in [1.29, 1.82) is 0 Å². The Balaban J connectivity index is 1.80. The van der Waals surface area contributed by atoms with Gasteiger partial charge < -0.3 is 15.5 Å². The molecule has 0 fully saturated rings. The fourth-order valence-electron chi connectivity index (χ4n) is 1.88. The number of fused-ring (bicyclic) bond motifs is 1. The SMILES string of the molecule is N/C(=C/c1nc2ccccc2o1)C(=O)Nc1ccccc1. The largest absolute Gasteiger partial charge is 0.437 e. The van der Waals surface area contributed by atoms with E-state index in [-0.39, 0.29) is 5.70 Å². The minimum atomic E-state index is -0.400. The number of carbonyl (C=O) groups excluding carboxylic acids is 1. The molecule has 1 aromatic heterocycles. The molecule has 0 radical (unpaired) electrons. The summed E-state index contributed by atoms with van der Waals surface area (Å²) < 4.78 is 5.49. The summed E-state index contributed by atoms with van der Waals surface area (Å²) >= 11 is 0. The van der Waals surface area contributed by atoms with Crippen LogP contribution in [0.1, 0.15) is 5.89 Å². The summed E-state index contributed by atoms with van der Waals surface area (Å²) in [4.78, 5) is 16.2. The number of anilines is 1. The van der Waals surface area contributed by atoms with Crippen LogP contribution in [0.2, 0.25) is 0 Å². The summed E-state index contributed by atoms with van der Waals surface area (Å²) in [6, 6.07) is 16.4. The van der Waals surface area contributed by atoms with Gasteiger partial charge in [0, 0.05) is 11.8 Å². The maximum Gasteiger partial charge on any atom is 0.271 e. The standard InChI is InChI=1S/C16H13N3O2/c17-12(16(20)18-11-6-2-1-3-7-11)10-15-19-13-8-4-5-9-14(13)21-15/h1-10H,17H2,(H,18,20)/b12-10+. The smallest absolute Gasteiger partial charge is 0.271 e. The molecule has 1 amide bonds. The summed E-state index contributed by atoms with van der Waals surface area (Å²) in [6.07, 6.45) is 1.41. The van der Waals surface area contributed by atoms with Gasteiger partial charge >= 0.3 is 0 Å². The fourth-order valence-corrected chi connectivity index (χ4v) is 1.88. The predicted octanol–water partition coefficient (Wildman–Crippen LogP) is 2.77. The van der Waals surface area contributed by atoms with Gasteiger partial charge in [-0.1, -0.05) is 30.3 Å². The molecule has 3 N–H and O–H groups in total. The Labute approximate surface area is 121 Å². The third-order valence-corrected chi connectivity index (χ3v) is 2.88. The van der Waals surface area contributed by atoms with Gasteiger partial charge in [-0.3, -0.25) is 4.79 Å². The molecule has 0 bridgehead atoms. The number of nitrogens with one attached hydrogen (secondary N) is 1. The normalized spacial score (nSPS) is 11.5. The number of rotatable bonds is 3. The third kappa shape index (κ3) is 2.92. The van der Waals surface area contributed by atoms with Crippen molar-refractivity contribution in [3.05, 3.63) is 66.2 Å². The first kappa shape index (κ1) is 12.9. The van der Waals surface area contributed by atoms with Crippen molar-refractivity contribution >= 4 is 28.8 Å². The van der Waals surface area contributed by atoms with E-state index in [0.717, 1.165) is 5.52 Å². The molecule has 0 aliphatic rings. The van der Waals surface area contributed by atoms with E-state index in [1.54, 1.807) is 18.2 Å². The lowest BCUT2D eigenvalue weighted by Crippen LogP contribution is -2.19. The van der Waals surface area contributed by atoms with Crippen molar-refractivity contribution in [1.82, 2.24) is 4.98 Å². The Hall–Kier alpha value is -3.08. The average molecular weight is 279 g/mol. The van der Waals surface area contributed by atoms with Crippen LogP contribution in [0, 0.1) is 0 Å².